The minimum absolute atomic E-state index is 0.131. The lowest BCUT2D eigenvalue weighted by atomic mass is 10.2. The van der Waals surface area contributed by atoms with Crippen molar-refractivity contribution in [1.82, 2.24) is 14.2 Å². The van der Waals surface area contributed by atoms with Gasteiger partial charge in [0.25, 0.3) is 10.0 Å². The van der Waals surface area contributed by atoms with Crippen LogP contribution in [0.3, 0.4) is 0 Å². The van der Waals surface area contributed by atoms with Crippen LogP contribution < -0.4 is 5.32 Å². The van der Waals surface area contributed by atoms with E-state index in [0.29, 0.717) is 23.8 Å². The topological polar surface area (TPSA) is 71.4 Å². The number of carbonyl (C=O) groups excluding carboxylic acids is 1. The second-order valence-corrected chi connectivity index (χ2v) is 8.83. The minimum atomic E-state index is -3.52. The smallest absolute Gasteiger partial charge is 0.253 e. The number of fused-ring (bicyclic) bond motifs is 1. The molecule has 2 aromatic rings. The van der Waals surface area contributed by atoms with Crippen LogP contribution in [-0.4, -0.2) is 29.7 Å². The quantitative estimate of drug-likeness (QED) is 0.913. The number of hydrogen-bond donors (Lipinski definition) is 1. The lowest BCUT2D eigenvalue weighted by Gasteiger charge is -2.33. The molecule has 1 aliphatic rings. The third-order valence-corrected chi connectivity index (χ3v) is 7.52. The summed E-state index contributed by atoms with van der Waals surface area (Å²) >= 11 is 1.21. The van der Waals surface area contributed by atoms with Gasteiger partial charge in [-0.3, -0.25) is 4.79 Å². The molecule has 1 amide bonds. The van der Waals surface area contributed by atoms with Crippen LogP contribution in [0.15, 0.2) is 34.7 Å². The van der Waals surface area contributed by atoms with Crippen LogP contribution in [0.25, 0.3) is 0 Å². The van der Waals surface area contributed by atoms with Crippen LogP contribution in [0, 0.1) is 0 Å². The van der Waals surface area contributed by atoms with Crippen LogP contribution in [0.4, 0.5) is 0 Å². The number of carbonyl (C=O) groups is 1. The highest BCUT2D eigenvalue weighted by Crippen LogP contribution is 2.33. The summed E-state index contributed by atoms with van der Waals surface area (Å²) in [6, 6.07) is 7.09. The lowest BCUT2D eigenvalue weighted by molar-refractivity contribution is -0.119. The van der Waals surface area contributed by atoms with Gasteiger partial charge in [-0.25, -0.2) is 8.42 Å². The fourth-order valence-corrected chi connectivity index (χ4v) is 5.83. The second-order valence-electron chi connectivity index (χ2n) is 5.55. The van der Waals surface area contributed by atoms with E-state index < -0.39 is 10.0 Å². The van der Waals surface area contributed by atoms with Gasteiger partial charge in [0.2, 0.25) is 5.91 Å². The van der Waals surface area contributed by atoms with Crippen LogP contribution in [0.5, 0.6) is 0 Å². The third-order valence-electron chi connectivity index (χ3n) is 4.00. The SMILES string of the molecule is CC(=O)NCc1ccc(S(=O)(=O)N2CCn3cccc3C2C)s1. The summed E-state index contributed by atoms with van der Waals surface area (Å²) in [5.74, 6) is -0.131. The molecule has 124 valence electrons. The van der Waals surface area contributed by atoms with Gasteiger partial charge >= 0.3 is 0 Å². The first-order chi connectivity index (χ1) is 10.9. The molecule has 1 unspecified atom stereocenters. The van der Waals surface area contributed by atoms with Gasteiger partial charge in [0.15, 0.2) is 0 Å². The number of aromatic nitrogens is 1. The van der Waals surface area contributed by atoms with E-state index in [1.807, 2.05) is 25.3 Å². The zero-order valence-electron chi connectivity index (χ0n) is 13.0. The number of nitrogens with zero attached hydrogens (tertiary/aromatic N) is 2. The number of sulfonamides is 1. The average molecular weight is 353 g/mol. The monoisotopic (exact) mass is 353 g/mol. The van der Waals surface area contributed by atoms with E-state index in [-0.39, 0.29) is 11.9 Å². The fourth-order valence-electron chi connectivity index (χ4n) is 2.81. The summed E-state index contributed by atoms with van der Waals surface area (Å²) in [5, 5.41) is 2.68. The van der Waals surface area contributed by atoms with E-state index in [9.17, 15) is 13.2 Å². The van der Waals surface area contributed by atoms with Gasteiger partial charge in [-0.1, -0.05) is 0 Å². The molecule has 0 radical (unpaired) electrons. The third kappa shape index (κ3) is 3.06. The van der Waals surface area contributed by atoms with Crippen molar-refractivity contribution in [3.63, 3.8) is 0 Å². The van der Waals surface area contributed by atoms with E-state index in [2.05, 4.69) is 9.88 Å². The molecule has 0 saturated carbocycles. The maximum absolute atomic E-state index is 12.9. The molecular weight excluding hydrogens is 334 g/mol. The van der Waals surface area contributed by atoms with Crippen molar-refractivity contribution in [2.24, 2.45) is 0 Å². The van der Waals surface area contributed by atoms with Crippen molar-refractivity contribution >= 4 is 27.3 Å². The molecule has 2 aromatic heterocycles. The standard InChI is InChI=1S/C15H19N3O3S2/c1-11-14-4-3-7-17(14)8-9-18(11)23(20,21)15-6-5-13(22-15)10-16-12(2)19/h3-7,11H,8-10H2,1-2H3,(H,16,19). The zero-order chi connectivity index (χ0) is 16.6. The molecule has 3 heterocycles. The maximum atomic E-state index is 12.9. The Kier molecular flexibility index (Phi) is 4.31. The molecule has 0 fully saturated rings. The minimum Gasteiger partial charge on any atom is -0.351 e. The summed E-state index contributed by atoms with van der Waals surface area (Å²) in [7, 11) is -3.52. The molecule has 8 heteroatoms. The Balaban J connectivity index is 1.83. The molecule has 0 bridgehead atoms. The van der Waals surface area contributed by atoms with Crippen molar-refractivity contribution in [2.45, 2.75) is 37.2 Å². The maximum Gasteiger partial charge on any atom is 0.253 e. The molecular formula is C15H19N3O3S2. The lowest BCUT2D eigenvalue weighted by Crippen LogP contribution is -2.40. The fraction of sp³-hybridized carbons (Fsp3) is 0.400. The second kappa shape index (κ2) is 6.10. The molecule has 1 atom stereocenters. The Bertz CT molecular complexity index is 823. The summed E-state index contributed by atoms with van der Waals surface area (Å²) in [6.45, 7) is 4.83. The molecule has 0 spiro atoms. The highest BCUT2D eigenvalue weighted by Gasteiger charge is 2.34. The van der Waals surface area contributed by atoms with Crippen molar-refractivity contribution in [2.75, 3.05) is 6.54 Å². The Hall–Kier alpha value is -1.64. The van der Waals surface area contributed by atoms with Crippen LogP contribution in [0.1, 0.15) is 30.5 Å². The first-order valence-electron chi connectivity index (χ1n) is 7.39. The molecule has 3 rings (SSSR count). The van der Waals surface area contributed by atoms with Gasteiger partial charge in [-0.05, 0) is 31.2 Å². The van der Waals surface area contributed by atoms with Gasteiger partial charge < -0.3 is 9.88 Å². The van der Waals surface area contributed by atoms with Gasteiger partial charge in [-0.2, -0.15) is 4.31 Å². The zero-order valence-corrected chi connectivity index (χ0v) is 14.7. The van der Waals surface area contributed by atoms with Gasteiger partial charge in [0, 0.05) is 36.8 Å². The van der Waals surface area contributed by atoms with Crippen molar-refractivity contribution in [3.8, 4) is 0 Å². The Morgan fingerprint density at radius 3 is 2.87 bits per heavy atom. The van der Waals surface area contributed by atoms with Crippen LogP contribution in [0.2, 0.25) is 0 Å². The number of rotatable bonds is 4. The first kappa shape index (κ1) is 16.2. The summed E-state index contributed by atoms with van der Waals surface area (Å²) in [6.07, 6.45) is 1.98. The summed E-state index contributed by atoms with van der Waals surface area (Å²) in [4.78, 5) is 11.8. The molecule has 1 aliphatic heterocycles. The van der Waals surface area contributed by atoms with E-state index in [1.165, 1.54) is 18.3 Å². The number of nitrogens with one attached hydrogen (secondary N) is 1. The van der Waals surface area contributed by atoms with Crippen molar-refractivity contribution in [3.05, 3.63) is 41.0 Å². The Morgan fingerprint density at radius 1 is 1.35 bits per heavy atom. The normalized spacial score (nSPS) is 18.6. The van der Waals surface area contributed by atoms with Gasteiger partial charge in [0.1, 0.15) is 4.21 Å². The highest BCUT2D eigenvalue weighted by molar-refractivity contribution is 7.91. The molecule has 0 aromatic carbocycles. The Labute approximate surface area is 139 Å². The van der Waals surface area contributed by atoms with Crippen LogP contribution >= 0.6 is 11.3 Å². The van der Waals surface area contributed by atoms with Gasteiger partial charge in [-0.15, -0.1) is 11.3 Å². The van der Waals surface area contributed by atoms with Crippen LogP contribution in [-0.2, 0) is 27.9 Å². The van der Waals surface area contributed by atoms with E-state index in [4.69, 9.17) is 0 Å². The number of amides is 1. The number of hydrogen-bond acceptors (Lipinski definition) is 4. The largest absolute Gasteiger partial charge is 0.351 e. The molecule has 1 N–H and O–H groups in total. The van der Waals surface area contributed by atoms with Gasteiger partial charge in [0.05, 0.1) is 12.6 Å². The predicted octanol–water partition coefficient (Wildman–Crippen LogP) is 1.95. The van der Waals surface area contributed by atoms with E-state index in [0.717, 1.165) is 10.6 Å². The highest BCUT2D eigenvalue weighted by atomic mass is 32.2. The van der Waals surface area contributed by atoms with Crippen molar-refractivity contribution in [1.29, 1.82) is 0 Å². The predicted molar refractivity (Wildman–Crippen MR) is 88.6 cm³/mol. The van der Waals surface area contributed by atoms with E-state index >= 15 is 0 Å². The molecule has 23 heavy (non-hydrogen) atoms. The molecule has 0 aliphatic carbocycles. The molecule has 0 saturated heterocycles. The summed E-state index contributed by atoms with van der Waals surface area (Å²) in [5.41, 5.74) is 1.01. The Morgan fingerprint density at radius 2 is 2.13 bits per heavy atom. The average Bonchev–Trinajstić information content (AvgIpc) is 3.14. The number of thiophene rings is 1. The summed E-state index contributed by atoms with van der Waals surface area (Å²) < 4.78 is 29.8. The van der Waals surface area contributed by atoms with Crippen molar-refractivity contribution < 1.29 is 13.2 Å². The first-order valence-corrected chi connectivity index (χ1v) is 9.65. The molecule has 6 nitrogen and oxygen atoms in total. The van der Waals surface area contributed by atoms with E-state index in [1.54, 1.807) is 16.4 Å².